The molecule has 1 atom stereocenters. The van der Waals surface area contributed by atoms with Crippen LogP contribution >= 0.6 is 11.8 Å². The lowest BCUT2D eigenvalue weighted by molar-refractivity contribution is 0.171. The number of hydrogen-bond acceptors (Lipinski definition) is 4. The van der Waals surface area contributed by atoms with Crippen molar-refractivity contribution in [3.8, 4) is 23.8 Å². The van der Waals surface area contributed by atoms with E-state index in [0.29, 0.717) is 19.3 Å². The van der Waals surface area contributed by atoms with Crippen molar-refractivity contribution < 1.29 is 9.47 Å². The zero-order valence-electron chi connectivity index (χ0n) is 12.1. The van der Waals surface area contributed by atoms with E-state index in [1.54, 1.807) is 11.8 Å². The van der Waals surface area contributed by atoms with Crippen LogP contribution in [0.25, 0.3) is 0 Å². The fourth-order valence-electron chi connectivity index (χ4n) is 2.20. The van der Waals surface area contributed by atoms with Gasteiger partial charge < -0.3 is 14.8 Å². The van der Waals surface area contributed by atoms with Gasteiger partial charge in [0.2, 0.25) is 0 Å². The van der Waals surface area contributed by atoms with E-state index in [4.69, 9.17) is 15.9 Å². The van der Waals surface area contributed by atoms with Crippen LogP contribution in [-0.4, -0.2) is 25.5 Å². The molecule has 20 heavy (non-hydrogen) atoms. The van der Waals surface area contributed by atoms with E-state index in [9.17, 15) is 0 Å². The van der Waals surface area contributed by atoms with Gasteiger partial charge in [0.15, 0.2) is 11.5 Å². The topological polar surface area (TPSA) is 30.5 Å². The lowest BCUT2D eigenvalue weighted by Crippen LogP contribution is -2.27. The number of nitrogens with one attached hydrogen (secondary N) is 1. The Bertz CT molecular complexity index is 496. The maximum Gasteiger partial charge on any atom is 0.162 e. The second-order valence-corrected chi connectivity index (χ2v) is 5.55. The molecule has 0 aliphatic carbocycles. The van der Waals surface area contributed by atoms with E-state index < -0.39 is 0 Å². The molecule has 108 valence electrons. The van der Waals surface area contributed by atoms with E-state index >= 15 is 0 Å². The second kappa shape index (κ2) is 7.47. The molecule has 1 aromatic rings. The first-order chi connectivity index (χ1) is 9.78. The first kappa shape index (κ1) is 15.1. The van der Waals surface area contributed by atoms with Crippen molar-refractivity contribution in [2.75, 3.05) is 19.5 Å². The smallest absolute Gasteiger partial charge is 0.162 e. The molecule has 0 radical (unpaired) electrons. The van der Waals surface area contributed by atoms with Crippen LogP contribution in [0.5, 0.6) is 11.5 Å². The summed E-state index contributed by atoms with van der Waals surface area (Å²) in [6, 6.07) is 4.51. The molecule has 4 heteroatoms. The monoisotopic (exact) mass is 291 g/mol. The Morgan fingerprint density at radius 2 is 2.05 bits per heavy atom. The van der Waals surface area contributed by atoms with Gasteiger partial charge in [0.1, 0.15) is 13.2 Å². The van der Waals surface area contributed by atoms with Crippen LogP contribution in [0.4, 0.5) is 0 Å². The Hall–Kier alpha value is -1.31. The summed E-state index contributed by atoms with van der Waals surface area (Å²) >= 11 is 1.72. The highest BCUT2D eigenvalue weighted by Gasteiger charge is 2.16. The standard InChI is InChI=1S/C16H21NO2S/c1-4-6-13(5-2)17-11-12-9-14-15(10-16(12)20-3)19-8-7-18-14/h1,9-10,13,17H,5-8,11H2,2-3H3. The third-order valence-electron chi connectivity index (χ3n) is 3.38. The van der Waals surface area contributed by atoms with E-state index in [-0.39, 0.29) is 0 Å². The van der Waals surface area contributed by atoms with Crippen molar-refractivity contribution in [3.05, 3.63) is 17.7 Å². The first-order valence-electron chi connectivity index (χ1n) is 6.91. The van der Waals surface area contributed by atoms with Crippen LogP contribution in [0.1, 0.15) is 25.3 Å². The zero-order chi connectivity index (χ0) is 14.4. The summed E-state index contributed by atoms with van der Waals surface area (Å²) < 4.78 is 11.3. The highest BCUT2D eigenvalue weighted by molar-refractivity contribution is 7.98. The number of thioether (sulfide) groups is 1. The molecule has 1 N–H and O–H groups in total. The average molecular weight is 291 g/mol. The minimum absolute atomic E-state index is 0.364. The van der Waals surface area contributed by atoms with Crippen molar-refractivity contribution in [2.45, 2.75) is 37.2 Å². The van der Waals surface area contributed by atoms with Gasteiger partial charge in [-0.1, -0.05) is 6.92 Å². The Labute approximate surface area is 125 Å². The number of terminal acetylenes is 1. The Kier molecular flexibility index (Phi) is 5.63. The number of ether oxygens (including phenoxy) is 2. The highest BCUT2D eigenvalue weighted by atomic mass is 32.2. The summed E-state index contributed by atoms with van der Waals surface area (Å²) in [7, 11) is 0. The predicted molar refractivity (Wildman–Crippen MR) is 83.6 cm³/mol. The van der Waals surface area contributed by atoms with Gasteiger partial charge in [0.05, 0.1) is 0 Å². The van der Waals surface area contributed by atoms with Gasteiger partial charge in [-0.15, -0.1) is 24.1 Å². The Balaban J connectivity index is 2.12. The van der Waals surface area contributed by atoms with E-state index in [1.165, 1.54) is 10.5 Å². The highest BCUT2D eigenvalue weighted by Crippen LogP contribution is 2.36. The molecule has 0 saturated heterocycles. The molecule has 1 aliphatic rings. The summed E-state index contributed by atoms with van der Waals surface area (Å²) in [6.45, 7) is 4.19. The second-order valence-electron chi connectivity index (χ2n) is 4.70. The molecule has 1 aromatic carbocycles. The fraction of sp³-hybridized carbons (Fsp3) is 0.500. The van der Waals surface area contributed by atoms with Gasteiger partial charge in [-0.3, -0.25) is 0 Å². The number of hydrogen-bond donors (Lipinski definition) is 1. The SMILES string of the molecule is C#CCC(CC)NCc1cc2c(cc1SC)OCCO2. The van der Waals surface area contributed by atoms with Gasteiger partial charge in [-0.25, -0.2) is 0 Å². The molecule has 0 fully saturated rings. The normalized spacial score (nSPS) is 14.7. The van der Waals surface area contributed by atoms with Crippen LogP contribution in [0.3, 0.4) is 0 Å². The minimum atomic E-state index is 0.364. The molecular weight excluding hydrogens is 270 g/mol. The van der Waals surface area contributed by atoms with E-state index in [1.807, 2.05) is 0 Å². The van der Waals surface area contributed by atoms with Gasteiger partial charge in [0, 0.05) is 23.9 Å². The van der Waals surface area contributed by atoms with Gasteiger partial charge in [0.25, 0.3) is 0 Å². The minimum Gasteiger partial charge on any atom is -0.486 e. The molecule has 0 saturated carbocycles. The van der Waals surface area contributed by atoms with Crippen molar-refractivity contribution in [1.82, 2.24) is 5.32 Å². The van der Waals surface area contributed by atoms with E-state index in [0.717, 1.165) is 30.9 Å². The van der Waals surface area contributed by atoms with Gasteiger partial charge in [-0.05, 0) is 30.4 Å². The Morgan fingerprint density at radius 1 is 1.35 bits per heavy atom. The van der Waals surface area contributed by atoms with Gasteiger partial charge in [-0.2, -0.15) is 0 Å². The van der Waals surface area contributed by atoms with Crippen LogP contribution in [-0.2, 0) is 6.54 Å². The molecule has 1 heterocycles. The molecule has 1 aliphatic heterocycles. The molecule has 2 rings (SSSR count). The lowest BCUT2D eigenvalue weighted by atomic mass is 10.1. The quantitative estimate of drug-likeness (QED) is 0.644. The molecular formula is C16H21NO2S. The summed E-state index contributed by atoms with van der Waals surface area (Å²) in [5.41, 5.74) is 1.23. The van der Waals surface area contributed by atoms with Crippen molar-refractivity contribution in [1.29, 1.82) is 0 Å². The van der Waals surface area contributed by atoms with E-state index in [2.05, 4.69) is 36.5 Å². The number of benzene rings is 1. The number of rotatable bonds is 6. The molecule has 0 amide bonds. The summed E-state index contributed by atoms with van der Waals surface area (Å²) in [6.07, 6.45) is 9.26. The maximum atomic E-state index is 5.65. The van der Waals surface area contributed by atoms with Crippen LogP contribution in [0, 0.1) is 12.3 Å². The molecule has 0 spiro atoms. The molecule has 3 nitrogen and oxygen atoms in total. The molecule has 0 bridgehead atoms. The fourth-order valence-corrected chi connectivity index (χ4v) is 2.82. The summed E-state index contributed by atoms with van der Waals surface area (Å²) in [4.78, 5) is 1.22. The lowest BCUT2D eigenvalue weighted by Gasteiger charge is -2.22. The largest absolute Gasteiger partial charge is 0.486 e. The van der Waals surface area contributed by atoms with Crippen molar-refractivity contribution >= 4 is 11.8 Å². The maximum absolute atomic E-state index is 5.65. The number of fused-ring (bicyclic) bond motifs is 1. The predicted octanol–water partition coefficient (Wildman–Crippen LogP) is 3.07. The first-order valence-corrected chi connectivity index (χ1v) is 8.14. The third-order valence-corrected chi connectivity index (χ3v) is 4.20. The van der Waals surface area contributed by atoms with Crippen molar-refractivity contribution in [2.24, 2.45) is 0 Å². The average Bonchev–Trinajstić information content (AvgIpc) is 2.50. The van der Waals surface area contributed by atoms with Gasteiger partial charge >= 0.3 is 0 Å². The zero-order valence-corrected chi connectivity index (χ0v) is 12.9. The van der Waals surface area contributed by atoms with Crippen LogP contribution in [0.2, 0.25) is 0 Å². The molecule has 1 unspecified atom stereocenters. The Morgan fingerprint density at radius 3 is 2.65 bits per heavy atom. The van der Waals surface area contributed by atoms with Crippen molar-refractivity contribution in [3.63, 3.8) is 0 Å². The molecule has 0 aromatic heterocycles. The third kappa shape index (κ3) is 3.62. The van der Waals surface area contributed by atoms with Crippen LogP contribution in [0.15, 0.2) is 17.0 Å². The summed E-state index contributed by atoms with van der Waals surface area (Å²) in [5.74, 6) is 4.41. The summed E-state index contributed by atoms with van der Waals surface area (Å²) in [5, 5.41) is 3.52. The van der Waals surface area contributed by atoms with Crippen LogP contribution < -0.4 is 14.8 Å².